The lowest BCUT2D eigenvalue weighted by molar-refractivity contribution is 0.0939. The van der Waals surface area contributed by atoms with E-state index in [9.17, 15) is 13.6 Å². The highest BCUT2D eigenvalue weighted by atomic mass is 19.1. The molecule has 122 valence electrons. The smallest absolute Gasteiger partial charge is 0.251 e. The summed E-state index contributed by atoms with van der Waals surface area (Å²) in [5.74, 6) is -1.72. The molecule has 0 saturated heterocycles. The lowest BCUT2D eigenvalue weighted by atomic mass is 10.1. The normalized spacial score (nSPS) is 12.0. The van der Waals surface area contributed by atoms with Crippen LogP contribution < -0.4 is 5.32 Å². The van der Waals surface area contributed by atoms with Crippen molar-refractivity contribution in [2.24, 2.45) is 0 Å². The summed E-state index contributed by atoms with van der Waals surface area (Å²) in [6.07, 6.45) is 1.44. The van der Waals surface area contributed by atoms with E-state index in [0.29, 0.717) is 11.3 Å². The number of hydrogen-bond acceptors (Lipinski definition) is 4. The maximum atomic E-state index is 13.8. The van der Waals surface area contributed by atoms with Gasteiger partial charge in [-0.1, -0.05) is 6.07 Å². The van der Waals surface area contributed by atoms with Crippen LogP contribution in [0.5, 0.6) is 0 Å². The number of carbonyl (C=O) groups is 1. The molecule has 2 aromatic carbocycles. The van der Waals surface area contributed by atoms with E-state index in [1.54, 1.807) is 31.2 Å². The fraction of sp³-hybridized carbons (Fsp3) is 0.125. The summed E-state index contributed by atoms with van der Waals surface area (Å²) in [6, 6.07) is 9.26. The van der Waals surface area contributed by atoms with E-state index < -0.39 is 17.7 Å². The van der Waals surface area contributed by atoms with Crippen molar-refractivity contribution in [1.82, 2.24) is 25.5 Å². The Hall–Kier alpha value is -3.16. The topological polar surface area (TPSA) is 72.7 Å². The number of halogens is 2. The molecule has 1 heterocycles. The summed E-state index contributed by atoms with van der Waals surface area (Å²) in [5, 5.41) is 13.5. The van der Waals surface area contributed by atoms with Crippen LogP contribution in [0.15, 0.2) is 48.8 Å². The molecule has 8 heteroatoms. The predicted molar refractivity (Wildman–Crippen MR) is 81.4 cm³/mol. The Morgan fingerprint density at radius 2 is 1.92 bits per heavy atom. The molecule has 0 saturated carbocycles. The first-order valence-electron chi connectivity index (χ1n) is 7.14. The van der Waals surface area contributed by atoms with E-state index in [-0.39, 0.29) is 11.5 Å². The number of hydrogen-bond donors (Lipinski definition) is 1. The Bertz CT molecular complexity index is 849. The first-order valence-corrected chi connectivity index (χ1v) is 7.14. The number of nitrogens with zero attached hydrogens (tertiary/aromatic N) is 4. The number of benzene rings is 2. The zero-order valence-corrected chi connectivity index (χ0v) is 12.6. The second-order valence-corrected chi connectivity index (χ2v) is 5.16. The zero-order chi connectivity index (χ0) is 17.1. The van der Waals surface area contributed by atoms with Crippen LogP contribution in [0.2, 0.25) is 0 Å². The fourth-order valence-corrected chi connectivity index (χ4v) is 2.26. The lowest BCUT2D eigenvalue weighted by Gasteiger charge is -2.15. The quantitative estimate of drug-likeness (QED) is 0.798. The zero-order valence-electron chi connectivity index (χ0n) is 12.6. The molecule has 1 atom stereocenters. The molecule has 0 radical (unpaired) electrons. The molecular weight excluding hydrogens is 316 g/mol. The highest BCUT2D eigenvalue weighted by Crippen LogP contribution is 2.18. The van der Waals surface area contributed by atoms with E-state index in [2.05, 4.69) is 20.8 Å². The van der Waals surface area contributed by atoms with Crippen LogP contribution in [0.25, 0.3) is 5.69 Å². The highest BCUT2D eigenvalue weighted by molar-refractivity contribution is 5.94. The van der Waals surface area contributed by atoms with Crippen LogP contribution in [0.3, 0.4) is 0 Å². The minimum absolute atomic E-state index is 0.218. The Kier molecular flexibility index (Phi) is 4.28. The van der Waals surface area contributed by atoms with E-state index in [4.69, 9.17) is 0 Å². The van der Waals surface area contributed by atoms with Crippen molar-refractivity contribution >= 4 is 5.91 Å². The van der Waals surface area contributed by atoms with Gasteiger partial charge in [0, 0.05) is 17.2 Å². The minimum Gasteiger partial charge on any atom is -0.345 e. The van der Waals surface area contributed by atoms with Crippen LogP contribution in [0.1, 0.15) is 28.9 Å². The first-order chi connectivity index (χ1) is 11.5. The van der Waals surface area contributed by atoms with E-state index in [0.717, 1.165) is 12.1 Å². The second kappa shape index (κ2) is 6.53. The molecule has 0 spiro atoms. The van der Waals surface area contributed by atoms with Crippen LogP contribution >= 0.6 is 0 Å². The van der Waals surface area contributed by atoms with Crippen molar-refractivity contribution in [2.75, 3.05) is 0 Å². The molecule has 1 aromatic heterocycles. The van der Waals surface area contributed by atoms with Gasteiger partial charge in [-0.25, -0.2) is 13.5 Å². The Labute approximate surface area is 136 Å². The molecule has 1 N–H and O–H groups in total. The van der Waals surface area contributed by atoms with Gasteiger partial charge in [-0.3, -0.25) is 4.79 Å². The lowest BCUT2D eigenvalue weighted by Crippen LogP contribution is -2.27. The molecule has 24 heavy (non-hydrogen) atoms. The summed E-state index contributed by atoms with van der Waals surface area (Å²) < 4.78 is 28.2. The summed E-state index contributed by atoms with van der Waals surface area (Å²) in [7, 11) is 0. The number of aromatic nitrogens is 4. The molecule has 0 aliphatic carbocycles. The number of carbonyl (C=O) groups excluding carboxylic acids is 1. The summed E-state index contributed by atoms with van der Waals surface area (Å²) in [5.41, 5.74) is 1.32. The van der Waals surface area contributed by atoms with E-state index in [1.165, 1.54) is 17.1 Å². The van der Waals surface area contributed by atoms with Gasteiger partial charge < -0.3 is 5.32 Å². The molecule has 3 rings (SSSR count). The van der Waals surface area contributed by atoms with Gasteiger partial charge in [0.2, 0.25) is 0 Å². The number of tetrazole rings is 1. The fourth-order valence-electron chi connectivity index (χ4n) is 2.26. The third kappa shape index (κ3) is 3.27. The Morgan fingerprint density at radius 3 is 2.54 bits per heavy atom. The molecule has 0 bridgehead atoms. The molecular formula is C16H13F2N5O. The Morgan fingerprint density at radius 1 is 1.17 bits per heavy atom. The van der Waals surface area contributed by atoms with Gasteiger partial charge >= 0.3 is 0 Å². The third-order valence-corrected chi connectivity index (χ3v) is 3.52. The number of nitrogens with one attached hydrogen (secondary N) is 1. The number of amides is 1. The maximum absolute atomic E-state index is 13.8. The van der Waals surface area contributed by atoms with Gasteiger partial charge in [0.25, 0.3) is 5.91 Å². The standard InChI is InChI=1S/C16H13F2N5O/c1-10(14-7-4-12(17)8-15(14)18)20-16(24)11-2-5-13(6-3-11)23-9-19-21-22-23/h2-10H,1H3,(H,20,24). The predicted octanol–water partition coefficient (Wildman–Crippen LogP) is 2.43. The van der Waals surface area contributed by atoms with Gasteiger partial charge in [0.15, 0.2) is 0 Å². The third-order valence-electron chi connectivity index (χ3n) is 3.52. The largest absolute Gasteiger partial charge is 0.345 e. The SMILES string of the molecule is CC(NC(=O)c1ccc(-n2cnnn2)cc1)c1ccc(F)cc1F. The van der Waals surface area contributed by atoms with Crippen molar-refractivity contribution in [2.45, 2.75) is 13.0 Å². The van der Waals surface area contributed by atoms with Crippen molar-refractivity contribution in [3.63, 3.8) is 0 Å². The molecule has 1 amide bonds. The van der Waals surface area contributed by atoms with Crippen LogP contribution in [0.4, 0.5) is 8.78 Å². The number of rotatable bonds is 4. The Balaban J connectivity index is 1.72. The van der Waals surface area contributed by atoms with Crippen LogP contribution in [-0.2, 0) is 0 Å². The van der Waals surface area contributed by atoms with Crippen LogP contribution in [0, 0.1) is 11.6 Å². The van der Waals surface area contributed by atoms with Crippen LogP contribution in [-0.4, -0.2) is 26.1 Å². The van der Waals surface area contributed by atoms with E-state index >= 15 is 0 Å². The van der Waals surface area contributed by atoms with Gasteiger partial charge in [-0.2, -0.15) is 0 Å². The van der Waals surface area contributed by atoms with Gasteiger partial charge in [-0.05, 0) is 47.7 Å². The highest BCUT2D eigenvalue weighted by Gasteiger charge is 2.15. The minimum atomic E-state index is -0.697. The van der Waals surface area contributed by atoms with Gasteiger partial charge in [0.1, 0.15) is 18.0 Å². The molecule has 0 fully saturated rings. The molecule has 6 nitrogen and oxygen atoms in total. The first kappa shape index (κ1) is 15.7. The van der Waals surface area contributed by atoms with Crippen molar-refractivity contribution in [3.05, 3.63) is 71.6 Å². The van der Waals surface area contributed by atoms with E-state index in [1.807, 2.05) is 0 Å². The van der Waals surface area contributed by atoms with Crippen molar-refractivity contribution in [1.29, 1.82) is 0 Å². The molecule has 0 aliphatic heterocycles. The second-order valence-electron chi connectivity index (χ2n) is 5.16. The summed E-state index contributed by atoms with van der Waals surface area (Å²) >= 11 is 0. The average Bonchev–Trinajstić information content (AvgIpc) is 3.09. The molecule has 1 unspecified atom stereocenters. The van der Waals surface area contributed by atoms with Crippen molar-refractivity contribution < 1.29 is 13.6 Å². The summed E-state index contributed by atoms with van der Waals surface area (Å²) in [6.45, 7) is 1.63. The van der Waals surface area contributed by atoms with Crippen molar-refractivity contribution in [3.8, 4) is 5.69 Å². The maximum Gasteiger partial charge on any atom is 0.251 e. The van der Waals surface area contributed by atoms with Gasteiger partial charge in [0.05, 0.1) is 11.7 Å². The molecule has 0 aliphatic rings. The van der Waals surface area contributed by atoms with Gasteiger partial charge in [-0.15, -0.1) is 5.10 Å². The monoisotopic (exact) mass is 329 g/mol. The summed E-state index contributed by atoms with van der Waals surface area (Å²) in [4.78, 5) is 12.2. The molecule has 3 aromatic rings. The average molecular weight is 329 g/mol.